The summed E-state index contributed by atoms with van der Waals surface area (Å²) < 4.78 is 5.20. The Balaban J connectivity index is 1.47. The van der Waals surface area contributed by atoms with Crippen LogP contribution >= 0.6 is 0 Å². The van der Waals surface area contributed by atoms with Crippen molar-refractivity contribution in [1.29, 1.82) is 0 Å². The van der Waals surface area contributed by atoms with Crippen LogP contribution in [0.15, 0.2) is 22.7 Å². The van der Waals surface area contributed by atoms with Gasteiger partial charge in [0, 0.05) is 37.3 Å². The average Bonchev–Trinajstić information content (AvgIpc) is 3.28. The molecule has 0 saturated carbocycles. The lowest BCUT2D eigenvalue weighted by Crippen LogP contribution is -2.36. The van der Waals surface area contributed by atoms with Gasteiger partial charge in [0.2, 0.25) is 17.6 Å². The van der Waals surface area contributed by atoms with E-state index in [1.165, 1.54) is 11.1 Å². The van der Waals surface area contributed by atoms with Gasteiger partial charge in [0.1, 0.15) is 5.78 Å². The minimum Gasteiger partial charge on any atom is -0.356 e. The molecule has 1 N–H and O–H groups in total. The van der Waals surface area contributed by atoms with E-state index in [9.17, 15) is 9.59 Å². The van der Waals surface area contributed by atoms with Crippen LogP contribution in [0, 0.1) is 5.92 Å². The number of nitrogens with zero attached hydrogens (tertiary/aromatic N) is 2. The number of piperidine rings is 1. The van der Waals surface area contributed by atoms with E-state index in [2.05, 4.69) is 27.6 Å². The highest BCUT2D eigenvalue weighted by atomic mass is 16.5. The normalized spacial score (nSPS) is 22.1. The molecule has 0 bridgehead atoms. The molecule has 136 valence electrons. The van der Waals surface area contributed by atoms with E-state index in [1.54, 1.807) is 0 Å². The Hall–Kier alpha value is -2.50. The van der Waals surface area contributed by atoms with Gasteiger partial charge in [0.05, 0.1) is 0 Å². The van der Waals surface area contributed by atoms with Crippen LogP contribution in [-0.2, 0) is 22.4 Å². The molecular formula is C20H23N3O3. The van der Waals surface area contributed by atoms with Crippen molar-refractivity contribution in [2.45, 2.75) is 51.4 Å². The average molecular weight is 353 g/mol. The molecule has 2 atom stereocenters. The van der Waals surface area contributed by atoms with Gasteiger partial charge in [-0.3, -0.25) is 9.59 Å². The molecule has 2 aromatic rings. The molecule has 6 nitrogen and oxygen atoms in total. The molecule has 26 heavy (non-hydrogen) atoms. The first kappa shape index (κ1) is 16.9. The van der Waals surface area contributed by atoms with Crippen LogP contribution in [0.3, 0.4) is 0 Å². The Morgan fingerprint density at radius 3 is 3.00 bits per heavy atom. The highest BCUT2D eigenvalue weighted by Crippen LogP contribution is 2.38. The summed E-state index contributed by atoms with van der Waals surface area (Å²) >= 11 is 0. The van der Waals surface area contributed by atoms with E-state index in [-0.39, 0.29) is 23.5 Å². The van der Waals surface area contributed by atoms with Crippen LogP contribution in [0.5, 0.6) is 0 Å². The lowest BCUT2D eigenvalue weighted by atomic mass is 9.86. The predicted octanol–water partition coefficient (Wildman–Crippen LogP) is 2.81. The van der Waals surface area contributed by atoms with E-state index < -0.39 is 0 Å². The van der Waals surface area contributed by atoms with Crippen molar-refractivity contribution in [2.75, 3.05) is 6.54 Å². The number of nitrogens with one attached hydrogen (secondary N) is 1. The molecule has 0 spiro atoms. The molecule has 1 aromatic carbocycles. The van der Waals surface area contributed by atoms with Crippen LogP contribution in [0.1, 0.15) is 55.5 Å². The molecule has 1 saturated heterocycles. The fourth-order valence-corrected chi connectivity index (χ4v) is 4.04. The number of aromatic nitrogens is 2. The van der Waals surface area contributed by atoms with Gasteiger partial charge in [-0.1, -0.05) is 24.2 Å². The number of benzene rings is 1. The van der Waals surface area contributed by atoms with Crippen molar-refractivity contribution in [2.24, 2.45) is 5.92 Å². The zero-order chi connectivity index (χ0) is 18.1. The van der Waals surface area contributed by atoms with E-state index in [1.807, 2.05) is 13.0 Å². The van der Waals surface area contributed by atoms with Crippen molar-refractivity contribution in [1.82, 2.24) is 15.5 Å². The van der Waals surface area contributed by atoms with Crippen molar-refractivity contribution < 1.29 is 14.1 Å². The topological polar surface area (TPSA) is 85.1 Å². The smallest absolute Gasteiger partial charge is 0.226 e. The van der Waals surface area contributed by atoms with Gasteiger partial charge in [-0.05, 0) is 42.4 Å². The van der Waals surface area contributed by atoms with Crippen LogP contribution in [0.2, 0.25) is 0 Å². The van der Waals surface area contributed by atoms with Crippen LogP contribution < -0.4 is 5.32 Å². The van der Waals surface area contributed by atoms with Gasteiger partial charge >= 0.3 is 0 Å². The Labute approximate surface area is 152 Å². The molecule has 2 heterocycles. The molecule has 1 fully saturated rings. The maximum atomic E-state index is 12.6. The Morgan fingerprint density at radius 1 is 1.35 bits per heavy atom. The zero-order valence-corrected chi connectivity index (χ0v) is 15.0. The second-order valence-electron chi connectivity index (χ2n) is 7.22. The molecule has 1 aromatic heterocycles. The summed E-state index contributed by atoms with van der Waals surface area (Å²) in [6, 6.07) is 6.24. The number of carbonyl (C=O) groups is 2. The fourth-order valence-electron chi connectivity index (χ4n) is 4.04. The molecule has 1 aliphatic carbocycles. The minimum atomic E-state index is -0.112. The third kappa shape index (κ3) is 3.28. The number of hydrogen-bond acceptors (Lipinski definition) is 5. The summed E-state index contributed by atoms with van der Waals surface area (Å²) in [5.74, 6) is 1.63. The van der Waals surface area contributed by atoms with Gasteiger partial charge in [-0.25, -0.2) is 0 Å². The quantitative estimate of drug-likeness (QED) is 0.893. The van der Waals surface area contributed by atoms with Crippen LogP contribution in [0.25, 0.3) is 11.4 Å². The van der Waals surface area contributed by atoms with Crippen molar-refractivity contribution in [3.8, 4) is 11.4 Å². The first-order valence-electron chi connectivity index (χ1n) is 9.39. The first-order chi connectivity index (χ1) is 12.6. The number of aryl methyl sites for hydroxylation is 2. The Kier molecular flexibility index (Phi) is 4.57. The molecule has 0 unspecified atom stereocenters. The third-order valence-electron chi connectivity index (χ3n) is 5.52. The summed E-state index contributed by atoms with van der Waals surface area (Å²) in [7, 11) is 0. The number of ketones is 1. The van der Waals surface area contributed by atoms with E-state index >= 15 is 0 Å². The Morgan fingerprint density at radius 2 is 2.23 bits per heavy atom. The molecule has 0 radical (unpaired) electrons. The first-order valence-corrected chi connectivity index (χ1v) is 9.39. The van der Waals surface area contributed by atoms with Crippen molar-refractivity contribution >= 4 is 11.7 Å². The molecule has 2 aliphatic rings. The number of rotatable bonds is 5. The number of hydrogen-bond donors (Lipinski definition) is 1. The van der Waals surface area contributed by atoms with Crippen LogP contribution in [-0.4, -0.2) is 28.4 Å². The lowest BCUT2D eigenvalue weighted by molar-refractivity contribution is -0.131. The SMILES string of the molecule is CCc1nc(-c2ccc3c(c2)CC[C@H]3CC(=O)[C@@H]2CCNC(=O)C2)no1. The number of amides is 1. The number of Topliss-reactive ketones (excluding diaryl/α,β-unsaturated/α-hetero) is 1. The van der Waals surface area contributed by atoms with Crippen molar-refractivity contribution in [3.63, 3.8) is 0 Å². The lowest BCUT2D eigenvalue weighted by Gasteiger charge is -2.22. The molecular weight excluding hydrogens is 330 g/mol. The van der Waals surface area contributed by atoms with E-state index in [4.69, 9.17) is 4.52 Å². The highest BCUT2D eigenvalue weighted by Gasteiger charge is 2.30. The number of carbonyl (C=O) groups excluding carboxylic acids is 2. The molecule has 1 amide bonds. The standard InChI is InChI=1S/C20H23N3O3/c1-2-19-22-20(23-26-19)15-5-6-16-12(9-15)3-4-13(16)10-17(24)14-7-8-21-18(25)11-14/h5-6,9,13-14H,2-4,7-8,10-11H2,1H3,(H,21,25)/t13-,14+/m0/s1. The van der Waals surface area contributed by atoms with Gasteiger partial charge in [-0.15, -0.1) is 0 Å². The van der Waals surface area contributed by atoms with Crippen LogP contribution in [0.4, 0.5) is 0 Å². The zero-order valence-electron chi connectivity index (χ0n) is 15.0. The van der Waals surface area contributed by atoms with Gasteiger partial charge in [0.25, 0.3) is 0 Å². The van der Waals surface area contributed by atoms with Gasteiger partial charge in [0.15, 0.2) is 0 Å². The maximum absolute atomic E-state index is 12.6. The summed E-state index contributed by atoms with van der Waals surface area (Å²) in [5.41, 5.74) is 3.48. The second kappa shape index (κ2) is 7.02. The fraction of sp³-hybridized carbons (Fsp3) is 0.500. The van der Waals surface area contributed by atoms with Crippen molar-refractivity contribution in [3.05, 3.63) is 35.2 Å². The van der Waals surface area contributed by atoms with E-state index in [0.29, 0.717) is 31.1 Å². The molecule has 6 heteroatoms. The van der Waals surface area contributed by atoms with E-state index in [0.717, 1.165) is 31.2 Å². The minimum absolute atomic E-state index is 0.00220. The maximum Gasteiger partial charge on any atom is 0.226 e. The van der Waals surface area contributed by atoms with Gasteiger partial charge < -0.3 is 9.84 Å². The van der Waals surface area contributed by atoms with Gasteiger partial charge in [-0.2, -0.15) is 4.98 Å². The summed E-state index contributed by atoms with van der Waals surface area (Å²) in [5, 5.41) is 6.83. The third-order valence-corrected chi connectivity index (χ3v) is 5.52. The summed E-state index contributed by atoms with van der Waals surface area (Å²) in [6.45, 7) is 2.60. The Bertz CT molecular complexity index is 843. The predicted molar refractivity (Wildman–Crippen MR) is 95.5 cm³/mol. The number of fused-ring (bicyclic) bond motifs is 1. The second-order valence-corrected chi connectivity index (χ2v) is 7.22. The summed E-state index contributed by atoms with van der Waals surface area (Å²) in [6.07, 6.45) is 4.31. The molecule has 4 rings (SSSR count). The highest BCUT2D eigenvalue weighted by molar-refractivity contribution is 5.88. The molecule has 1 aliphatic heterocycles. The summed E-state index contributed by atoms with van der Waals surface area (Å²) in [4.78, 5) is 28.5. The largest absolute Gasteiger partial charge is 0.356 e. The monoisotopic (exact) mass is 353 g/mol.